The van der Waals surface area contributed by atoms with Crippen molar-refractivity contribution in [3.8, 4) is 0 Å². The Bertz CT molecular complexity index is 417. The van der Waals surface area contributed by atoms with Gasteiger partial charge >= 0.3 is 0 Å². The van der Waals surface area contributed by atoms with Crippen molar-refractivity contribution in [3.63, 3.8) is 0 Å². The SMILES string of the molecule is CO[C@H]1C=C[C@H]2O[C@@H](c3ccccc3)OC[C@H]2O1. The second-order valence-electron chi connectivity index (χ2n) is 4.34. The van der Waals surface area contributed by atoms with E-state index in [1.54, 1.807) is 7.11 Å². The van der Waals surface area contributed by atoms with Crippen LogP contribution in [0.3, 0.4) is 0 Å². The van der Waals surface area contributed by atoms with Gasteiger partial charge in [-0.15, -0.1) is 0 Å². The average molecular weight is 248 g/mol. The van der Waals surface area contributed by atoms with Gasteiger partial charge in [0.2, 0.25) is 0 Å². The first-order chi connectivity index (χ1) is 8.86. The minimum absolute atomic E-state index is 0.0737. The van der Waals surface area contributed by atoms with Crippen molar-refractivity contribution >= 4 is 0 Å². The number of ether oxygens (including phenoxy) is 4. The van der Waals surface area contributed by atoms with Gasteiger partial charge in [0.05, 0.1) is 6.61 Å². The third-order valence-electron chi connectivity index (χ3n) is 3.13. The third-order valence-corrected chi connectivity index (χ3v) is 3.13. The molecule has 4 nitrogen and oxygen atoms in total. The van der Waals surface area contributed by atoms with Crippen molar-refractivity contribution in [2.75, 3.05) is 13.7 Å². The first-order valence-electron chi connectivity index (χ1n) is 6.05. The Labute approximate surface area is 106 Å². The molecule has 2 heterocycles. The standard InChI is InChI=1S/C14H16O4/c1-15-13-8-7-11-12(17-13)9-16-14(18-11)10-5-3-2-4-6-10/h2-8,11-14H,9H2,1H3/t11-,12-,13-,14+/m1/s1. The lowest BCUT2D eigenvalue weighted by Gasteiger charge is -2.38. The fourth-order valence-corrected chi connectivity index (χ4v) is 2.17. The highest BCUT2D eigenvalue weighted by Gasteiger charge is 2.35. The lowest BCUT2D eigenvalue weighted by Crippen LogP contribution is -2.45. The molecular formula is C14H16O4. The van der Waals surface area contributed by atoms with E-state index in [0.29, 0.717) is 6.61 Å². The van der Waals surface area contributed by atoms with Crippen LogP contribution < -0.4 is 0 Å². The molecule has 0 unspecified atom stereocenters. The van der Waals surface area contributed by atoms with Gasteiger partial charge in [0.25, 0.3) is 0 Å². The normalized spacial score (nSPS) is 35.2. The van der Waals surface area contributed by atoms with Crippen LogP contribution in [0.4, 0.5) is 0 Å². The van der Waals surface area contributed by atoms with Gasteiger partial charge < -0.3 is 18.9 Å². The van der Waals surface area contributed by atoms with E-state index in [-0.39, 0.29) is 24.8 Å². The van der Waals surface area contributed by atoms with Crippen LogP contribution in [-0.4, -0.2) is 32.2 Å². The van der Waals surface area contributed by atoms with Crippen LogP contribution in [-0.2, 0) is 18.9 Å². The van der Waals surface area contributed by atoms with Gasteiger partial charge in [-0.3, -0.25) is 0 Å². The molecule has 0 aliphatic carbocycles. The molecule has 18 heavy (non-hydrogen) atoms. The summed E-state index contributed by atoms with van der Waals surface area (Å²) in [6.07, 6.45) is 3.07. The Morgan fingerprint density at radius 3 is 2.72 bits per heavy atom. The van der Waals surface area contributed by atoms with Gasteiger partial charge in [-0.05, 0) is 6.08 Å². The zero-order chi connectivity index (χ0) is 12.4. The third kappa shape index (κ3) is 2.33. The monoisotopic (exact) mass is 248 g/mol. The summed E-state index contributed by atoms with van der Waals surface area (Å²) in [5.74, 6) is 0. The summed E-state index contributed by atoms with van der Waals surface area (Å²) in [6, 6.07) is 9.92. The average Bonchev–Trinajstić information content (AvgIpc) is 2.47. The molecule has 2 aliphatic rings. The fraction of sp³-hybridized carbons (Fsp3) is 0.429. The van der Waals surface area contributed by atoms with Crippen LogP contribution >= 0.6 is 0 Å². The first-order valence-corrected chi connectivity index (χ1v) is 6.05. The van der Waals surface area contributed by atoms with E-state index >= 15 is 0 Å². The van der Waals surface area contributed by atoms with Crippen molar-refractivity contribution in [2.45, 2.75) is 24.8 Å². The van der Waals surface area contributed by atoms with E-state index in [0.717, 1.165) is 5.56 Å². The van der Waals surface area contributed by atoms with Crippen LogP contribution in [0.15, 0.2) is 42.5 Å². The molecule has 1 saturated heterocycles. The molecular weight excluding hydrogens is 232 g/mol. The number of hydrogen-bond donors (Lipinski definition) is 0. The smallest absolute Gasteiger partial charge is 0.184 e. The van der Waals surface area contributed by atoms with Gasteiger partial charge in [-0.2, -0.15) is 0 Å². The highest BCUT2D eigenvalue weighted by Crippen LogP contribution is 2.30. The molecule has 0 saturated carbocycles. The van der Waals surface area contributed by atoms with Crippen molar-refractivity contribution in [1.29, 1.82) is 0 Å². The number of hydrogen-bond acceptors (Lipinski definition) is 4. The van der Waals surface area contributed by atoms with E-state index in [4.69, 9.17) is 18.9 Å². The number of fused-ring (bicyclic) bond motifs is 1. The van der Waals surface area contributed by atoms with Crippen molar-refractivity contribution in [2.24, 2.45) is 0 Å². The topological polar surface area (TPSA) is 36.9 Å². The molecule has 0 N–H and O–H groups in total. The maximum absolute atomic E-state index is 5.88. The summed E-state index contributed by atoms with van der Waals surface area (Å²) in [4.78, 5) is 0. The van der Waals surface area contributed by atoms with E-state index in [1.807, 2.05) is 42.5 Å². The Balaban J connectivity index is 1.71. The number of methoxy groups -OCH3 is 1. The molecule has 96 valence electrons. The van der Waals surface area contributed by atoms with E-state index in [1.165, 1.54) is 0 Å². The molecule has 1 aromatic rings. The van der Waals surface area contributed by atoms with Gasteiger partial charge in [0.15, 0.2) is 12.6 Å². The summed E-state index contributed by atoms with van der Waals surface area (Å²) in [6.45, 7) is 0.508. The Kier molecular flexibility index (Phi) is 3.43. The van der Waals surface area contributed by atoms with Crippen LogP contribution in [0.25, 0.3) is 0 Å². The van der Waals surface area contributed by atoms with Crippen LogP contribution in [0.1, 0.15) is 11.9 Å². The summed E-state index contributed by atoms with van der Waals surface area (Å²) >= 11 is 0. The zero-order valence-corrected chi connectivity index (χ0v) is 10.2. The van der Waals surface area contributed by atoms with Gasteiger partial charge in [0.1, 0.15) is 12.2 Å². The molecule has 0 radical (unpaired) electrons. The molecule has 1 aromatic carbocycles. The largest absolute Gasteiger partial charge is 0.352 e. The minimum atomic E-state index is -0.320. The lowest BCUT2D eigenvalue weighted by molar-refractivity contribution is -0.280. The summed E-state index contributed by atoms with van der Waals surface area (Å²) in [5, 5.41) is 0. The Morgan fingerprint density at radius 1 is 1.11 bits per heavy atom. The minimum Gasteiger partial charge on any atom is -0.352 e. The summed E-state index contributed by atoms with van der Waals surface area (Å²) in [5.41, 5.74) is 1.03. The fourth-order valence-electron chi connectivity index (χ4n) is 2.17. The van der Waals surface area contributed by atoms with Gasteiger partial charge in [-0.1, -0.05) is 36.4 Å². The highest BCUT2D eigenvalue weighted by atomic mass is 16.7. The molecule has 4 heteroatoms. The second-order valence-corrected chi connectivity index (χ2v) is 4.34. The number of rotatable bonds is 2. The predicted molar refractivity (Wildman–Crippen MR) is 64.8 cm³/mol. The van der Waals surface area contributed by atoms with Gasteiger partial charge in [-0.25, -0.2) is 0 Å². The molecule has 4 atom stereocenters. The maximum atomic E-state index is 5.88. The molecule has 1 fully saturated rings. The molecule has 0 amide bonds. The zero-order valence-electron chi connectivity index (χ0n) is 10.2. The lowest BCUT2D eigenvalue weighted by atomic mass is 10.1. The Hall–Kier alpha value is -1.20. The van der Waals surface area contributed by atoms with Crippen LogP contribution in [0.5, 0.6) is 0 Å². The second kappa shape index (κ2) is 5.20. The van der Waals surface area contributed by atoms with Crippen LogP contribution in [0, 0.1) is 0 Å². The summed E-state index contributed by atoms with van der Waals surface area (Å²) in [7, 11) is 1.62. The van der Waals surface area contributed by atoms with Crippen molar-refractivity contribution in [1.82, 2.24) is 0 Å². The highest BCUT2D eigenvalue weighted by molar-refractivity contribution is 5.17. The molecule has 0 bridgehead atoms. The van der Waals surface area contributed by atoms with Crippen molar-refractivity contribution < 1.29 is 18.9 Å². The van der Waals surface area contributed by atoms with Crippen LogP contribution in [0.2, 0.25) is 0 Å². The molecule has 0 aromatic heterocycles. The van der Waals surface area contributed by atoms with Gasteiger partial charge in [0, 0.05) is 12.7 Å². The Morgan fingerprint density at radius 2 is 1.94 bits per heavy atom. The number of benzene rings is 1. The molecule has 3 rings (SSSR count). The first kappa shape index (κ1) is 11.9. The predicted octanol–water partition coefficient (Wildman–Crippen LogP) is 2.03. The molecule has 2 aliphatic heterocycles. The molecule has 0 spiro atoms. The van der Waals surface area contributed by atoms with E-state index in [9.17, 15) is 0 Å². The van der Waals surface area contributed by atoms with Crippen molar-refractivity contribution in [3.05, 3.63) is 48.0 Å². The maximum Gasteiger partial charge on any atom is 0.184 e. The quantitative estimate of drug-likeness (QED) is 0.750. The summed E-state index contributed by atoms with van der Waals surface area (Å²) < 4.78 is 22.4. The van der Waals surface area contributed by atoms with E-state index in [2.05, 4.69) is 0 Å². The van der Waals surface area contributed by atoms with E-state index < -0.39 is 0 Å².